The molecule has 1 fully saturated rings. The summed E-state index contributed by atoms with van der Waals surface area (Å²) >= 11 is 0. The molecule has 1 aliphatic rings. The number of aliphatic hydroxyl groups excluding tert-OH is 1. The van der Waals surface area contributed by atoms with Gasteiger partial charge in [0.1, 0.15) is 0 Å². The van der Waals surface area contributed by atoms with Crippen LogP contribution < -0.4 is 5.32 Å². The van der Waals surface area contributed by atoms with E-state index in [9.17, 15) is 5.11 Å². The van der Waals surface area contributed by atoms with Crippen molar-refractivity contribution in [3.8, 4) is 0 Å². The number of rotatable bonds is 9. The highest BCUT2D eigenvalue weighted by molar-refractivity contribution is 4.84. The third-order valence-corrected chi connectivity index (χ3v) is 4.83. The van der Waals surface area contributed by atoms with Crippen LogP contribution in [0.5, 0.6) is 0 Å². The van der Waals surface area contributed by atoms with Crippen LogP contribution in [0.2, 0.25) is 0 Å². The first kappa shape index (κ1) is 18.9. The SMILES string of the molecule is CCCC1CCCN(CCCC(C)(CO)NC(C)C)CC1. The summed E-state index contributed by atoms with van der Waals surface area (Å²) in [5.74, 6) is 0.963. The molecule has 126 valence electrons. The summed E-state index contributed by atoms with van der Waals surface area (Å²) in [7, 11) is 0. The minimum absolute atomic E-state index is 0.120. The molecule has 1 rings (SSSR count). The van der Waals surface area contributed by atoms with Gasteiger partial charge in [-0.1, -0.05) is 33.6 Å². The Morgan fingerprint density at radius 2 is 2.05 bits per heavy atom. The van der Waals surface area contributed by atoms with Gasteiger partial charge < -0.3 is 15.3 Å². The van der Waals surface area contributed by atoms with Gasteiger partial charge in [0, 0.05) is 11.6 Å². The van der Waals surface area contributed by atoms with Crippen LogP contribution in [0.15, 0.2) is 0 Å². The summed E-state index contributed by atoms with van der Waals surface area (Å²) in [5, 5.41) is 13.1. The van der Waals surface area contributed by atoms with Gasteiger partial charge in [-0.2, -0.15) is 0 Å². The molecule has 3 heteroatoms. The molecule has 0 aromatic rings. The third kappa shape index (κ3) is 7.62. The molecule has 0 saturated carbocycles. The third-order valence-electron chi connectivity index (χ3n) is 4.83. The number of hydrogen-bond donors (Lipinski definition) is 2. The van der Waals surface area contributed by atoms with E-state index < -0.39 is 0 Å². The van der Waals surface area contributed by atoms with E-state index in [2.05, 4.69) is 37.9 Å². The van der Waals surface area contributed by atoms with E-state index >= 15 is 0 Å². The van der Waals surface area contributed by atoms with Crippen LogP contribution in [-0.2, 0) is 0 Å². The smallest absolute Gasteiger partial charge is 0.0610 e. The van der Waals surface area contributed by atoms with Crippen molar-refractivity contribution >= 4 is 0 Å². The van der Waals surface area contributed by atoms with Crippen LogP contribution in [0.4, 0.5) is 0 Å². The minimum Gasteiger partial charge on any atom is -0.394 e. The predicted octanol–water partition coefficient (Wildman–Crippen LogP) is 3.42. The molecular formula is C18H38N2O. The molecule has 0 aromatic carbocycles. The highest BCUT2D eigenvalue weighted by atomic mass is 16.3. The monoisotopic (exact) mass is 298 g/mol. The topological polar surface area (TPSA) is 35.5 Å². The molecule has 2 atom stereocenters. The highest BCUT2D eigenvalue weighted by Gasteiger charge is 2.24. The zero-order valence-electron chi connectivity index (χ0n) is 14.8. The summed E-state index contributed by atoms with van der Waals surface area (Å²) < 4.78 is 0. The van der Waals surface area contributed by atoms with Gasteiger partial charge >= 0.3 is 0 Å². The Hall–Kier alpha value is -0.120. The maximum atomic E-state index is 9.63. The first-order valence-corrected chi connectivity index (χ1v) is 9.10. The maximum Gasteiger partial charge on any atom is 0.0610 e. The lowest BCUT2D eigenvalue weighted by molar-refractivity contribution is 0.148. The fraction of sp³-hybridized carbons (Fsp3) is 1.00. The zero-order valence-corrected chi connectivity index (χ0v) is 14.8. The Labute approximate surface area is 132 Å². The molecule has 0 spiro atoms. The normalized spacial score (nSPS) is 24.0. The molecule has 1 saturated heterocycles. The van der Waals surface area contributed by atoms with E-state index in [0.717, 1.165) is 12.3 Å². The summed E-state index contributed by atoms with van der Waals surface area (Å²) in [6.45, 7) is 12.7. The van der Waals surface area contributed by atoms with Crippen molar-refractivity contribution in [3.63, 3.8) is 0 Å². The summed E-state index contributed by atoms with van der Waals surface area (Å²) in [6, 6.07) is 0.426. The quantitative estimate of drug-likeness (QED) is 0.684. The van der Waals surface area contributed by atoms with Gasteiger partial charge in [-0.05, 0) is 64.6 Å². The fourth-order valence-electron chi connectivity index (χ4n) is 3.73. The fourth-order valence-corrected chi connectivity index (χ4v) is 3.73. The average Bonchev–Trinajstić information content (AvgIpc) is 2.64. The van der Waals surface area contributed by atoms with E-state index in [-0.39, 0.29) is 12.1 Å². The van der Waals surface area contributed by atoms with E-state index in [4.69, 9.17) is 0 Å². The van der Waals surface area contributed by atoms with E-state index in [1.807, 2.05) is 0 Å². The Morgan fingerprint density at radius 3 is 2.67 bits per heavy atom. The first-order valence-electron chi connectivity index (χ1n) is 9.10. The van der Waals surface area contributed by atoms with Crippen molar-refractivity contribution in [3.05, 3.63) is 0 Å². The predicted molar refractivity (Wildman–Crippen MR) is 91.7 cm³/mol. The molecule has 21 heavy (non-hydrogen) atoms. The van der Waals surface area contributed by atoms with Crippen molar-refractivity contribution in [2.75, 3.05) is 26.2 Å². The second-order valence-corrected chi connectivity index (χ2v) is 7.55. The average molecular weight is 299 g/mol. The number of aliphatic hydroxyl groups is 1. The van der Waals surface area contributed by atoms with Crippen LogP contribution in [0.1, 0.15) is 72.6 Å². The molecule has 2 unspecified atom stereocenters. The standard InChI is InChI=1S/C18H38N2O/c1-5-8-17-9-6-12-20(14-10-17)13-7-11-18(4,15-21)19-16(2)3/h16-17,19,21H,5-15H2,1-4H3. The highest BCUT2D eigenvalue weighted by Crippen LogP contribution is 2.22. The lowest BCUT2D eigenvalue weighted by atomic mass is 9.95. The largest absolute Gasteiger partial charge is 0.394 e. The Bertz CT molecular complexity index is 270. The Morgan fingerprint density at radius 1 is 1.29 bits per heavy atom. The van der Waals surface area contributed by atoms with E-state index in [0.29, 0.717) is 6.04 Å². The number of hydrogen-bond acceptors (Lipinski definition) is 3. The molecular weight excluding hydrogens is 260 g/mol. The first-order chi connectivity index (χ1) is 9.99. The Kier molecular flexibility index (Phi) is 8.84. The molecule has 2 N–H and O–H groups in total. The van der Waals surface area contributed by atoms with Crippen LogP contribution in [-0.4, -0.2) is 47.8 Å². The van der Waals surface area contributed by atoms with E-state index in [1.54, 1.807) is 0 Å². The van der Waals surface area contributed by atoms with Crippen molar-refractivity contribution in [1.82, 2.24) is 10.2 Å². The van der Waals surface area contributed by atoms with Crippen LogP contribution >= 0.6 is 0 Å². The van der Waals surface area contributed by atoms with Crippen LogP contribution in [0.3, 0.4) is 0 Å². The number of likely N-dealkylation sites (tertiary alicyclic amines) is 1. The van der Waals surface area contributed by atoms with Gasteiger partial charge in [0.2, 0.25) is 0 Å². The second kappa shape index (κ2) is 9.81. The summed E-state index contributed by atoms with van der Waals surface area (Å²) in [4.78, 5) is 2.64. The molecule has 0 amide bonds. The lowest BCUT2D eigenvalue weighted by Crippen LogP contribution is -2.49. The second-order valence-electron chi connectivity index (χ2n) is 7.55. The van der Waals surface area contributed by atoms with Crippen molar-refractivity contribution < 1.29 is 5.11 Å². The van der Waals surface area contributed by atoms with Gasteiger partial charge in [0.05, 0.1) is 6.61 Å². The molecule has 0 radical (unpaired) electrons. The molecule has 0 aromatic heterocycles. The summed E-state index contributed by atoms with van der Waals surface area (Å²) in [6.07, 6.45) is 9.15. The molecule has 3 nitrogen and oxygen atoms in total. The van der Waals surface area contributed by atoms with Crippen molar-refractivity contribution in [2.45, 2.75) is 84.2 Å². The lowest BCUT2D eigenvalue weighted by Gasteiger charge is -2.32. The molecule has 1 aliphatic heterocycles. The number of nitrogens with one attached hydrogen (secondary N) is 1. The number of nitrogens with zero attached hydrogens (tertiary/aromatic N) is 1. The molecule has 0 bridgehead atoms. The van der Waals surface area contributed by atoms with Crippen molar-refractivity contribution in [2.24, 2.45) is 5.92 Å². The summed E-state index contributed by atoms with van der Waals surface area (Å²) in [5.41, 5.74) is -0.120. The van der Waals surface area contributed by atoms with Crippen LogP contribution in [0.25, 0.3) is 0 Å². The van der Waals surface area contributed by atoms with E-state index in [1.165, 1.54) is 58.2 Å². The van der Waals surface area contributed by atoms with Crippen LogP contribution in [0, 0.1) is 5.92 Å². The zero-order chi connectivity index (χ0) is 15.7. The maximum absolute atomic E-state index is 9.63. The van der Waals surface area contributed by atoms with Gasteiger partial charge in [-0.15, -0.1) is 0 Å². The van der Waals surface area contributed by atoms with Gasteiger partial charge in [-0.3, -0.25) is 0 Å². The molecule has 0 aliphatic carbocycles. The molecule has 1 heterocycles. The van der Waals surface area contributed by atoms with Gasteiger partial charge in [0.25, 0.3) is 0 Å². The van der Waals surface area contributed by atoms with Gasteiger partial charge in [-0.25, -0.2) is 0 Å². The van der Waals surface area contributed by atoms with Gasteiger partial charge in [0.15, 0.2) is 0 Å². The Balaban J connectivity index is 2.28. The minimum atomic E-state index is -0.120. The van der Waals surface area contributed by atoms with Crippen molar-refractivity contribution in [1.29, 1.82) is 0 Å².